The molecule has 116 valence electrons. The molecule has 0 spiro atoms. The molecule has 4 heterocycles. The molecule has 2 aliphatic rings. The number of rotatable bonds is 2. The maximum Gasteiger partial charge on any atom is 0.147 e. The summed E-state index contributed by atoms with van der Waals surface area (Å²) in [5, 5.41) is 1.20. The summed E-state index contributed by atoms with van der Waals surface area (Å²) >= 11 is 0. The van der Waals surface area contributed by atoms with Crippen LogP contribution in [0.3, 0.4) is 0 Å². The first-order valence-electron chi connectivity index (χ1n) is 8.13. The average molecular weight is 305 g/mol. The van der Waals surface area contributed by atoms with Crippen LogP contribution < -0.4 is 4.90 Å². The Morgan fingerprint density at radius 2 is 2.09 bits per heavy atom. The van der Waals surface area contributed by atoms with E-state index in [1.807, 2.05) is 18.6 Å². The van der Waals surface area contributed by atoms with Gasteiger partial charge in [0.1, 0.15) is 5.82 Å². The van der Waals surface area contributed by atoms with Gasteiger partial charge in [-0.15, -0.1) is 0 Å². The van der Waals surface area contributed by atoms with Gasteiger partial charge >= 0.3 is 0 Å². The lowest BCUT2D eigenvalue weighted by atomic mass is 9.93. The quantitative estimate of drug-likeness (QED) is 0.790. The number of benzene rings is 1. The summed E-state index contributed by atoms with van der Waals surface area (Å²) in [5.74, 6) is 1.79. The smallest absolute Gasteiger partial charge is 0.147 e. The summed E-state index contributed by atoms with van der Waals surface area (Å²) in [6.45, 7) is 3.37. The second kappa shape index (κ2) is 4.80. The Kier molecular flexibility index (Phi) is 2.73. The van der Waals surface area contributed by atoms with E-state index < -0.39 is 0 Å². The highest BCUT2D eigenvalue weighted by Gasteiger charge is 2.43. The summed E-state index contributed by atoms with van der Waals surface area (Å²) < 4.78 is 0. The Morgan fingerprint density at radius 1 is 1.13 bits per heavy atom. The monoisotopic (exact) mass is 305 g/mol. The summed E-state index contributed by atoms with van der Waals surface area (Å²) in [7, 11) is 2.21. The molecule has 0 amide bonds. The number of likely N-dealkylation sites (N-methyl/N-ethyl adjacent to an activating group) is 1. The van der Waals surface area contributed by atoms with Crippen LogP contribution in [0.25, 0.3) is 22.2 Å². The van der Waals surface area contributed by atoms with Crippen LogP contribution in [0.5, 0.6) is 0 Å². The molecule has 23 heavy (non-hydrogen) atoms. The van der Waals surface area contributed by atoms with E-state index in [0.29, 0.717) is 6.04 Å². The fourth-order valence-electron chi connectivity index (χ4n) is 3.95. The molecule has 5 heteroatoms. The van der Waals surface area contributed by atoms with Crippen molar-refractivity contribution in [3.63, 3.8) is 0 Å². The molecular formula is C18H19N5. The molecule has 1 N–H and O–H groups in total. The first-order valence-corrected chi connectivity index (χ1v) is 8.13. The van der Waals surface area contributed by atoms with Gasteiger partial charge in [-0.25, -0.2) is 4.98 Å². The number of likely N-dealkylation sites (tertiary alicyclic amines) is 1. The first kappa shape index (κ1) is 13.1. The summed E-state index contributed by atoms with van der Waals surface area (Å²) in [6.07, 6.45) is 5.71. The van der Waals surface area contributed by atoms with Crippen molar-refractivity contribution in [3.05, 3.63) is 42.9 Å². The Bertz CT molecular complexity index is 870. The topological polar surface area (TPSA) is 48.0 Å². The Morgan fingerprint density at radius 3 is 2.96 bits per heavy atom. The predicted molar refractivity (Wildman–Crippen MR) is 91.4 cm³/mol. The van der Waals surface area contributed by atoms with Crippen LogP contribution in [0.2, 0.25) is 0 Å². The van der Waals surface area contributed by atoms with E-state index in [2.05, 4.69) is 51.1 Å². The van der Waals surface area contributed by atoms with E-state index >= 15 is 0 Å². The lowest BCUT2D eigenvalue weighted by Crippen LogP contribution is -2.52. The van der Waals surface area contributed by atoms with Crippen molar-refractivity contribution in [2.75, 3.05) is 31.6 Å². The van der Waals surface area contributed by atoms with Crippen molar-refractivity contribution in [2.45, 2.75) is 6.04 Å². The minimum absolute atomic E-state index is 0.691. The maximum atomic E-state index is 4.87. The predicted octanol–water partition coefficient (Wildman–Crippen LogP) is 2.38. The maximum absolute atomic E-state index is 4.87. The third-order valence-corrected chi connectivity index (χ3v) is 5.29. The molecule has 0 unspecified atom stereocenters. The van der Waals surface area contributed by atoms with Gasteiger partial charge in [-0.05, 0) is 25.2 Å². The highest BCUT2D eigenvalue weighted by atomic mass is 15.3. The van der Waals surface area contributed by atoms with Gasteiger partial charge in [-0.2, -0.15) is 0 Å². The third-order valence-electron chi connectivity index (χ3n) is 5.29. The zero-order valence-electron chi connectivity index (χ0n) is 13.1. The first-order chi connectivity index (χ1) is 11.3. The van der Waals surface area contributed by atoms with Crippen LogP contribution in [0.4, 0.5) is 5.82 Å². The molecule has 2 fully saturated rings. The van der Waals surface area contributed by atoms with E-state index in [-0.39, 0.29) is 0 Å². The van der Waals surface area contributed by atoms with Gasteiger partial charge in [0, 0.05) is 54.3 Å². The van der Waals surface area contributed by atoms with Crippen molar-refractivity contribution in [1.82, 2.24) is 19.9 Å². The minimum atomic E-state index is 0.691. The van der Waals surface area contributed by atoms with Gasteiger partial charge in [0.15, 0.2) is 0 Å². The number of aromatic nitrogens is 3. The zero-order valence-corrected chi connectivity index (χ0v) is 13.1. The third kappa shape index (κ3) is 2.04. The van der Waals surface area contributed by atoms with Gasteiger partial charge < -0.3 is 14.8 Å². The normalized spacial score (nSPS) is 24.0. The van der Waals surface area contributed by atoms with Crippen molar-refractivity contribution >= 4 is 16.7 Å². The lowest BCUT2D eigenvalue weighted by Gasteiger charge is -2.40. The molecule has 5 nitrogen and oxygen atoms in total. The molecule has 2 aromatic heterocycles. The number of hydrogen-bond acceptors (Lipinski definition) is 4. The van der Waals surface area contributed by atoms with E-state index in [9.17, 15) is 0 Å². The summed E-state index contributed by atoms with van der Waals surface area (Å²) in [5.41, 5.74) is 3.21. The molecule has 3 aromatic rings. The van der Waals surface area contributed by atoms with Crippen LogP contribution in [0, 0.1) is 5.92 Å². The Labute approximate surface area is 135 Å². The van der Waals surface area contributed by atoms with Gasteiger partial charge in [-0.1, -0.05) is 6.07 Å². The zero-order chi connectivity index (χ0) is 15.4. The number of anilines is 1. The van der Waals surface area contributed by atoms with E-state index in [1.165, 1.54) is 11.9 Å². The molecular weight excluding hydrogens is 286 g/mol. The standard InChI is InChI=1S/C18H19N5/c1-22-9-14-10-23(11-17(14)22)18-8-19-7-16(21-18)12-2-3-15-13(6-12)4-5-20-15/h2-8,14,17,20H,9-11H2,1H3/t14-,17+/m0/s1. The highest BCUT2D eigenvalue weighted by Crippen LogP contribution is 2.33. The number of aromatic amines is 1. The van der Waals surface area contributed by atoms with E-state index in [0.717, 1.165) is 41.6 Å². The Balaban J connectivity index is 1.48. The average Bonchev–Trinajstić information content (AvgIpc) is 3.18. The molecule has 0 saturated carbocycles. The number of nitrogens with one attached hydrogen (secondary N) is 1. The minimum Gasteiger partial charge on any atom is -0.361 e. The van der Waals surface area contributed by atoms with E-state index in [4.69, 9.17) is 4.98 Å². The molecule has 0 radical (unpaired) electrons. The van der Waals surface area contributed by atoms with Crippen molar-refractivity contribution in [1.29, 1.82) is 0 Å². The number of hydrogen-bond donors (Lipinski definition) is 1. The molecule has 5 rings (SSSR count). The summed E-state index contributed by atoms with van der Waals surface area (Å²) in [4.78, 5) is 17.3. The molecule has 1 aromatic carbocycles. The molecule has 2 aliphatic heterocycles. The summed E-state index contributed by atoms with van der Waals surface area (Å²) in [6, 6.07) is 9.15. The second-order valence-electron chi connectivity index (χ2n) is 6.71. The number of H-pyrrole nitrogens is 1. The van der Waals surface area contributed by atoms with E-state index in [1.54, 1.807) is 0 Å². The Hall–Kier alpha value is -2.40. The highest BCUT2D eigenvalue weighted by molar-refractivity contribution is 5.84. The van der Waals surface area contributed by atoms with Crippen LogP contribution in [0.15, 0.2) is 42.9 Å². The second-order valence-corrected chi connectivity index (χ2v) is 6.71. The SMILES string of the molecule is CN1C[C@H]2CN(c3cncc(-c4ccc5[nH]ccc5c4)n3)C[C@H]21. The van der Waals surface area contributed by atoms with Gasteiger partial charge in [0.25, 0.3) is 0 Å². The van der Waals surface area contributed by atoms with Crippen LogP contribution in [-0.2, 0) is 0 Å². The molecule has 0 bridgehead atoms. The van der Waals surface area contributed by atoms with Crippen molar-refractivity contribution in [3.8, 4) is 11.3 Å². The van der Waals surface area contributed by atoms with Crippen molar-refractivity contribution in [2.24, 2.45) is 5.92 Å². The number of nitrogens with zero attached hydrogens (tertiary/aromatic N) is 4. The van der Waals surface area contributed by atoms with Crippen LogP contribution in [0.1, 0.15) is 0 Å². The van der Waals surface area contributed by atoms with Crippen molar-refractivity contribution < 1.29 is 0 Å². The fourth-order valence-corrected chi connectivity index (χ4v) is 3.95. The molecule has 2 saturated heterocycles. The van der Waals surface area contributed by atoms with Gasteiger partial charge in [-0.3, -0.25) is 4.98 Å². The lowest BCUT2D eigenvalue weighted by molar-refractivity contribution is 0.0827. The van der Waals surface area contributed by atoms with Crippen LogP contribution >= 0.6 is 0 Å². The molecule has 2 atom stereocenters. The van der Waals surface area contributed by atoms with Gasteiger partial charge in [0.05, 0.1) is 18.1 Å². The van der Waals surface area contributed by atoms with Gasteiger partial charge in [0.2, 0.25) is 0 Å². The number of fused-ring (bicyclic) bond motifs is 2. The molecule has 0 aliphatic carbocycles. The van der Waals surface area contributed by atoms with Crippen LogP contribution in [-0.4, -0.2) is 52.6 Å². The largest absolute Gasteiger partial charge is 0.361 e. The fraction of sp³-hybridized carbons (Fsp3) is 0.333.